The van der Waals surface area contributed by atoms with Gasteiger partial charge in [0.25, 0.3) is 0 Å². The van der Waals surface area contributed by atoms with Gasteiger partial charge in [-0.05, 0) is 41.8 Å². The molecule has 0 spiro atoms. The Morgan fingerprint density at radius 1 is 1.22 bits per heavy atom. The molecule has 0 saturated heterocycles. The van der Waals surface area contributed by atoms with Crippen LogP contribution < -0.4 is 10.1 Å². The second-order valence-corrected chi connectivity index (χ2v) is 8.83. The van der Waals surface area contributed by atoms with Crippen LogP contribution in [-0.2, 0) is 14.8 Å². The van der Waals surface area contributed by atoms with Crippen LogP contribution in [0.1, 0.15) is 25.3 Å². The number of benzene rings is 2. The molecule has 0 aliphatic heterocycles. The number of hydrogen-bond donors (Lipinski definition) is 1. The van der Waals surface area contributed by atoms with Crippen molar-refractivity contribution in [3.63, 3.8) is 0 Å². The molecule has 0 aliphatic rings. The first kappa shape index (κ1) is 21.2. The molecule has 27 heavy (non-hydrogen) atoms. The third kappa shape index (κ3) is 5.22. The van der Waals surface area contributed by atoms with Gasteiger partial charge in [0, 0.05) is 17.8 Å². The Kier molecular flexibility index (Phi) is 6.86. The van der Waals surface area contributed by atoms with Gasteiger partial charge in [0.1, 0.15) is 10.6 Å². The van der Waals surface area contributed by atoms with Gasteiger partial charge in [-0.25, -0.2) is 8.42 Å². The van der Waals surface area contributed by atoms with Crippen molar-refractivity contribution in [3.8, 4) is 5.75 Å². The van der Waals surface area contributed by atoms with E-state index in [1.807, 2.05) is 19.9 Å². The zero-order chi connectivity index (χ0) is 20.2. The first-order valence-electron chi connectivity index (χ1n) is 8.35. The van der Waals surface area contributed by atoms with Crippen molar-refractivity contribution in [2.75, 3.05) is 26.0 Å². The van der Waals surface area contributed by atoms with Crippen LogP contribution in [0.2, 0.25) is 5.02 Å². The summed E-state index contributed by atoms with van der Waals surface area (Å²) in [4.78, 5) is 12.3. The van der Waals surface area contributed by atoms with Crippen molar-refractivity contribution in [1.29, 1.82) is 0 Å². The van der Waals surface area contributed by atoms with Gasteiger partial charge < -0.3 is 10.1 Å². The number of anilines is 1. The lowest BCUT2D eigenvalue weighted by Crippen LogP contribution is -2.35. The predicted molar refractivity (Wildman–Crippen MR) is 107 cm³/mol. The van der Waals surface area contributed by atoms with E-state index in [0.717, 1.165) is 9.87 Å². The molecule has 2 rings (SSSR count). The monoisotopic (exact) mass is 410 g/mol. The Morgan fingerprint density at radius 2 is 1.93 bits per heavy atom. The van der Waals surface area contributed by atoms with E-state index in [9.17, 15) is 13.2 Å². The normalized spacial score (nSPS) is 11.7. The molecule has 0 aromatic heterocycles. The van der Waals surface area contributed by atoms with Gasteiger partial charge in [-0.3, -0.25) is 4.79 Å². The van der Waals surface area contributed by atoms with E-state index in [0.29, 0.717) is 10.7 Å². The van der Waals surface area contributed by atoms with E-state index >= 15 is 0 Å². The van der Waals surface area contributed by atoms with Crippen LogP contribution in [0.3, 0.4) is 0 Å². The summed E-state index contributed by atoms with van der Waals surface area (Å²) in [5, 5.41) is 3.11. The average molecular weight is 411 g/mol. The van der Waals surface area contributed by atoms with Crippen LogP contribution >= 0.6 is 11.6 Å². The predicted octanol–water partition coefficient (Wildman–Crippen LogP) is 3.73. The first-order chi connectivity index (χ1) is 12.6. The fourth-order valence-corrected chi connectivity index (χ4v) is 3.98. The second-order valence-electron chi connectivity index (χ2n) is 6.38. The van der Waals surface area contributed by atoms with E-state index in [1.54, 1.807) is 36.4 Å². The number of methoxy groups -OCH3 is 1. The number of ether oxygens (including phenoxy) is 1. The minimum absolute atomic E-state index is 0.0363. The number of likely N-dealkylation sites (N-methyl/N-ethyl adjacent to an activating group) is 1. The van der Waals surface area contributed by atoms with Crippen molar-refractivity contribution in [2.24, 2.45) is 0 Å². The van der Waals surface area contributed by atoms with Crippen LogP contribution in [0.25, 0.3) is 0 Å². The maximum absolute atomic E-state index is 13.0. The van der Waals surface area contributed by atoms with Gasteiger partial charge in [-0.1, -0.05) is 37.6 Å². The summed E-state index contributed by atoms with van der Waals surface area (Å²) in [5.41, 5.74) is 1.36. The lowest BCUT2D eigenvalue weighted by Gasteiger charge is -2.20. The minimum atomic E-state index is -3.91. The van der Waals surface area contributed by atoms with E-state index in [1.165, 1.54) is 14.2 Å². The molecule has 8 heteroatoms. The largest absolute Gasteiger partial charge is 0.495 e. The molecule has 0 fully saturated rings. The number of halogens is 1. The second kappa shape index (κ2) is 8.73. The van der Waals surface area contributed by atoms with Crippen LogP contribution in [0, 0.1) is 0 Å². The summed E-state index contributed by atoms with van der Waals surface area (Å²) in [7, 11) is -1.14. The third-order valence-electron chi connectivity index (χ3n) is 4.02. The van der Waals surface area contributed by atoms with Crippen LogP contribution in [0.4, 0.5) is 5.69 Å². The van der Waals surface area contributed by atoms with Gasteiger partial charge >= 0.3 is 0 Å². The molecule has 6 nitrogen and oxygen atoms in total. The SMILES string of the molecule is COc1ccc(C(C)C)cc1S(=O)(=O)N(C)CC(=O)Nc1cccc(Cl)c1. The van der Waals surface area contributed by atoms with Gasteiger partial charge in [0.2, 0.25) is 15.9 Å². The molecule has 2 aromatic carbocycles. The summed E-state index contributed by atoms with van der Waals surface area (Å²) in [6.07, 6.45) is 0. The van der Waals surface area contributed by atoms with Crippen molar-refractivity contribution < 1.29 is 17.9 Å². The molecule has 0 saturated carbocycles. The smallest absolute Gasteiger partial charge is 0.246 e. The number of sulfonamides is 1. The Labute approximate surface area is 165 Å². The highest BCUT2D eigenvalue weighted by atomic mass is 35.5. The number of amides is 1. The van der Waals surface area contributed by atoms with E-state index in [4.69, 9.17) is 16.3 Å². The highest BCUT2D eigenvalue weighted by Gasteiger charge is 2.27. The van der Waals surface area contributed by atoms with Gasteiger partial charge in [-0.15, -0.1) is 0 Å². The number of hydrogen-bond acceptors (Lipinski definition) is 4. The van der Waals surface area contributed by atoms with E-state index in [2.05, 4.69) is 5.32 Å². The summed E-state index contributed by atoms with van der Waals surface area (Å²) < 4.78 is 32.2. The fourth-order valence-electron chi connectivity index (χ4n) is 2.48. The fraction of sp³-hybridized carbons (Fsp3) is 0.316. The Balaban J connectivity index is 2.23. The van der Waals surface area contributed by atoms with Gasteiger partial charge in [0.15, 0.2) is 0 Å². The number of nitrogens with zero attached hydrogens (tertiary/aromatic N) is 1. The lowest BCUT2D eigenvalue weighted by molar-refractivity contribution is -0.116. The molecule has 0 bridgehead atoms. The quantitative estimate of drug-likeness (QED) is 0.754. The molecule has 1 N–H and O–H groups in total. The maximum Gasteiger partial charge on any atom is 0.246 e. The molecule has 0 atom stereocenters. The topological polar surface area (TPSA) is 75.7 Å². The lowest BCUT2D eigenvalue weighted by atomic mass is 10.0. The average Bonchev–Trinajstić information content (AvgIpc) is 2.60. The van der Waals surface area contributed by atoms with Crippen molar-refractivity contribution in [1.82, 2.24) is 4.31 Å². The molecule has 0 radical (unpaired) electrons. The van der Waals surface area contributed by atoms with Crippen LogP contribution in [0.15, 0.2) is 47.4 Å². The molecule has 1 amide bonds. The minimum Gasteiger partial charge on any atom is -0.495 e. The molecular weight excluding hydrogens is 388 g/mol. The van der Waals surface area contributed by atoms with Crippen molar-refractivity contribution in [3.05, 3.63) is 53.1 Å². The molecule has 0 unspecified atom stereocenters. The zero-order valence-electron chi connectivity index (χ0n) is 15.7. The summed E-state index contributed by atoms with van der Waals surface area (Å²) in [6, 6.07) is 11.7. The Morgan fingerprint density at radius 3 is 2.52 bits per heavy atom. The summed E-state index contributed by atoms with van der Waals surface area (Å²) in [6.45, 7) is 3.60. The highest BCUT2D eigenvalue weighted by Crippen LogP contribution is 2.30. The van der Waals surface area contributed by atoms with Gasteiger partial charge in [-0.2, -0.15) is 4.31 Å². The van der Waals surface area contributed by atoms with Crippen LogP contribution in [0.5, 0.6) is 5.75 Å². The first-order valence-corrected chi connectivity index (χ1v) is 10.2. The summed E-state index contributed by atoms with van der Waals surface area (Å²) >= 11 is 5.89. The molecule has 0 aliphatic carbocycles. The highest BCUT2D eigenvalue weighted by molar-refractivity contribution is 7.89. The Hall–Kier alpha value is -2.09. The maximum atomic E-state index is 13.0. The summed E-state index contributed by atoms with van der Waals surface area (Å²) in [5.74, 6) is -0.0786. The molecule has 0 heterocycles. The molecular formula is C19H23ClN2O4S. The van der Waals surface area contributed by atoms with Crippen molar-refractivity contribution >= 4 is 33.2 Å². The van der Waals surface area contributed by atoms with Crippen molar-refractivity contribution in [2.45, 2.75) is 24.7 Å². The van der Waals surface area contributed by atoms with E-state index in [-0.39, 0.29) is 23.1 Å². The van der Waals surface area contributed by atoms with Crippen LogP contribution in [-0.4, -0.2) is 39.3 Å². The third-order valence-corrected chi connectivity index (χ3v) is 6.08. The standard InChI is InChI=1S/C19H23ClN2O4S/c1-13(2)14-8-9-17(26-4)18(10-14)27(24,25)22(3)12-19(23)21-16-7-5-6-15(20)11-16/h5-11,13H,12H2,1-4H3,(H,21,23). The van der Waals surface area contributed by atoms with E-state index < -0.39 is 15.9 Å². The zero-order valence-corrected chi connectivity index (χ0v) is 17.3. The number of carbonyl (C=O) groups is 1. The Bertz CT molecular complexity index is 929. The number of carbonyl (C=O) groups excluding carboxylic acids is 1. The number of rotatable bonds is 7. The molecule has 146 valence electrons. The molecule has 2 aromatic rings. The number of nitrogens with one attached hydrogen (secondary N) is 1. The van der Waals surface area contributed by atoms with Gasteiger partial charge in [0.05, 0.1) is 13.7 Å².